The zero-order chi connectivity index (χ0) is 15.0. The summed E-state index contributed by atoms with van der Waals surface area (Å²) in [5.41, 5.74) is 0. The zero-order valence-electron chi connectivity index (χ0n) is 12.6. The van der Waals surface area contributed by atoms with Gasteiger partial charge in [0.2, 0.25) is 10.0 Å². The van der Waals surface area contributed by atoms with Crippen molar-refractivity contribution in [3.63, 3.8) is 0 Å². The standard InChI is InChI=1S/C14H27NO4S/c1-3-15(4-2)20(17,18)12-14(16)19-13-10-8-6-5-7-9-11-13/h13H,3-12H2,1-2H3. The molecule has 0 heterocycles. The van der Waals surface area contributed by atoms with Crippen LogP contribution in [-0.2, 0) is 19.6 Å². The highest BCUT2D eigenvalue weighted by molar-refractivity contribution is 7.89. The minimum absolute atomic E-state index is 0.102. The van der Waals surface area contributed by atoms with Gasteiger partial charge in [-0.2, -0.15) is 0 Å². The first-order valence-corrected chi connectivity index (χ1v) is 9.27. The van der Waals surface area contributed by atoms with E-state index in [1.807, 2.05) is 0 Å². The number of carbonyl (C=O) groups excluding carboxylic acids is 1. The van der Waals surface area contributed by atoms with Crippen LogP contribution in [0.25, 0.3) is 0 Å². The Morgan fingerprint density at radius 3 is 2.05 bits per heavy atom. The van der Waals surface area contributed by atoms with Crippen LogP contribution in [0.15, 0.2) is 0 Å². The van der Waals surface area contributed by atoms with E-state index in [2.05, 4.69) is 0 Å². The van der Waals surface area contributed by atoms with Crippen molar-refractivity contribution in [2.45, 2.75) is 64.9 Å². The van der Waals surface area contributed by atoms with Crippen molar-refractivity contribution in [2.24, 2.45) is 0 Å². The van der Waals surface area contributed by atoms with Crippen LogP contribution >= 0.6 is 0 Å². The molecule has 0 aromatic carbocycles. The highest BCUT2D eigenvalue weighted by atomic mass is 32.2. The highest BCUT2D eigenvalue weighted by Crippen LogP contribution is 2.19. The van der Waals surface area contributed by atoms with Gasteiger partial charge in [0.15, 0.2) is 5.75 Å². The lowest BCUT2D eigenvalue weighted by Crippen LogP contribution is -2.36. The second-order valence-electron chi connectivity index (χ2n) is 5.30. The first-order valence-electron chi connectivity index (χ1n) is 7.67. The Morgan fingerprint density at radius 2 is 1.55 bits per heavy atom. The molecule has 1 aliphatic carbocycles. The van der Waals surface area contributed by atoms with Crippen LogP contribution in [0.4, 0.5) is 0 Å². The van der Waals surface area contributed by atoms with Gasteiger partial charge in [-0.25, -0.2) is 12.7 Å². The van der Waals surface area contributed by atoms with E-state index >= 15 is 0 Å². The third-order valence-electron chi connectivity index (χ3n) is 3.75. The third kappa shape index (κ3) is 5.79. The van der Waals surface area contributed by atoms with Gasteiger partial charge in [0.25, 0.3) is 0 Å². The van der Waals surface area contributed by atoms with Gasteiger partial charge in [0.1, 0.15) is 6.10 Å². The summed E-state index contributed by atoms with van der Waals surface area (Å²) in [7, 11) is -3.53. The van der Waals surface area contributed by atoms with Crippen molar-refractivity contribution < 1.29 is 17.9 Å². The first-order chi connectivity index (χ1) is 9.49. The molecule has 0 amide bonds. The van der Waals surface area contributed by atoms with E-state index in [1.54, 1.807) is 13.8 Å². The predicted molar refractivity (Wildman–Crippen MR) is 78.9 cm³/mol. The summed E-state index contributed by atoms with van der Waals surface area (Å²) in [6.07, 6.45) is 7.32. The van der Waals surface area contributed by atoms with Crippen molar-refractivity contribution in [3.05, 3.63) is 0 Å². The van der Waals surface area contributed by atoms with E-state index in [9.17, 15) is 13.2 Å². The van der Waals surface area contributed by atoms with Crippen LogP contribution < -0.4 is 0 Å². The Bertz CT molecular complexity index is 382. The molecule has 1 aliphatic rings. The molecule has 1 rings (SSSR count). The maximum Gasteiger partial charge on any atom is 0.322 e. The highest BCUT2D eigenvalue weighted by Gasteiger charge is 2.25. The summed E-state index contributed by atoms with van der Waals surface area (Å²) < 4.78 is 30.6. The molecule has 0 aliphatic heterocycles. The fourth-order valence-electron chi connectivity index (χ4n) is 2.61. The lowest BCUT2D eigenvalue weighted by Gasteiger charge is -2.22. The Balaban J connectivity index is 2.49. The number of rotatable bonds is 6. The molecule has 5 nitrogen and oxygen atoms in total. The second kappa shape index (κ2) is 8.62. The Morgan fingerprint density at radius 1 is 1.05 bits per heavy atom. The van der Waals surface area contributed by atoms with Crippen LogP contribution in [0.1, 0.15) is 58.8 Å². The summed E-state index contributed by atoms with van der Waals surface area (Å²) in [6.45, 7) is 4.30. The van der Waals surface area contributed by atoms with Crippen molar-refractivity contribution >= 4 is 16.0 Å². The quantitative estimate of drug-likeness (QED) is 0.706. The van der Waals surface area contributed by atoms with Crippen molar-refractivity contribution in [1.82, 2.24) is 4.31 Å². The summed E-state index contributed by atoms with van der Waals surface area (Å²) in [5, 5.41) is 0. The molecule has 0 bridgehead atoms. The number of sulfonamides is 1. The predicted octanol–water partition coefficient (Wildman–Crippen LogP) is 2.31. The first kappa shape index (κ1) is 17.4. The van der Waals surface area contributed by atoms with E-state index in [0.29, 0.717) is 13.1 Å². The monoisotopic (exact) mass is 305 g/mol. The van der Waals surface area contributed by atoms with E-state index in [1.165, 1.54) is 23.6 Å². The molecule has 0 aromatic heterocycles. The number of hydrogen-bond acceptors (Lipinski definition) is 4. The third-order valence-corrected chi connectivity index (χ3v) is 5.65. The fourth-order valence-corrected chi connectivity index (χ4v) is 3.95. The summed E-state index contributed by atoms with van der Waals surface area (Å²) in [5.74, 6) is -1.15. The minimum Gasteiger partial charge on any atom is -0.462 e. The van der Waals surface area contributed by atoms with Gasteiger partial charge in [-0.15, -0.1) is 0 Å². The molecule has 1 fully saturated rings. The molecule has 0 spiro atoms. The topological polar surface area (TPSA) is 63.7 Å². The zero-order valence-corrected chi connectivity index (χ0v) is 13.5. The largest absolute Gasteiger partial charge is 0.462 e. The average Bonchev–Trinajstić information content (AvgIpc) is 2.32. The van der Waals surface area contributed by atoms with Gasteiger partial charge in [-0.1, -0.05) is 33.1 Å². The molecule has 0 unspecified atom stereocenters. The Labute approximate surface area is 122 Å². The lowest BCUT2D eigenvalue weighted by molar-refractivity contribution is -0.146. The molecular formula is C14H27NO4S. The number of esters is 1. The molecular weight excluding hydrogens is 278 g/mol. The summed E-state index contributed by atoms with van der Waals surface area (Å²) >= 11 is 0. The van der Waals surface area contributed by atoms with Crippen molar-refractivity contribution in [1.29, 1.82) is 0 Å². The van der Waals surface area contributed by atoms with Crippen molar-refractivity contribution in [2.75, 3.05) is 18.8 Å². The molecule has 0 N–H and O–H groups in total. The number of hydrogen-bond donors (Lipinski definition) is 0. The normalized spacial score (nSPS) is 18.6. The van der Waals surface area contributed by atoms with Gasteiger partial charge in [0.05, 0.1) is 0 Å². The molecule has 0 atom stereocenters. The minimum atomic E-state index is -3.53. The van der Waals surface area contributed by atoms with Crippen LogP contribution in [0.2, 0.25) is 0 Å². The van der Waals surface area contributed by atoms with Crippen LogP contribution in [0.3, 0.4) is 0 Å². The molecule has 0 saturated heterocycles. The molecule has 20 heavy (non-hydrogen) atoms. The Hall–Kier alpha value is -0.620. The maximum atomic E-state index is 12.0. The molecule has 0 radical (unpaired) electrons. The molecule has 118 valence electrons. The fraction of sp³-hybridized carbons (Fsp3) is 0.929. The van der Waals surface area contributed by atoms with Crippen molar-refractivity contribution in [3.8, 4) is 0 Å². The van der Waals surface area contributed by atoms with Gasteiger partial charge < -0.3 is 4.74 Å². The maximum absolute atomic E-state index is 12.0. The van der Waals surface area contributed by atoms with E-state index in [0.717, 1.165) is 25.7 Å². The van der Waals surface area contributed by atoms with E-state index in [4.69, 9.17) is 4.74 Å². The second-order valence-corrected chi connectivity index (χ2v) is 7.27. The molecule has 6 heteroatoms. The average molecular weight is 305 g/mol. The summed E-state index contributed by atoms with van der Waals surface area (Å²) in [4.78, 5) is 11.8. The van der Waals surface area contributed by atoms with Crippen LogP contribution in [-0.4, -0.2) is 43.6 Å². The van der Waals surface area contributed by atoms with Gasteiger partial charge in [0, 0.05) is 13.1 Å². The number of carbonyl (C=O) groups is 1. The summed E-state index contributed by atoms with van der Waals surface area (Å²) in [6, 6.07) is 0. The van der Waals surface area contributed by atoms with Gasteiger partial charge in [-0.3, -0.25) is 4.79 Å². The molecule has 1 saturated carbocycles. The SMILES string of the molecule is CCN(CC)S(=O)(=O)CC(=O)OC1CCCCCCC1. The number of ether oxygens (including phenoxy) is 1. The molecule has 0 aromatic rings. The number of nitrogens with zero attached hydrogens (tertiary/aromatic N) is 1. The van der Waals surface area contributed by atoms with E-state index in [-0.39, 0.29) is 6.10 Å². The van der Waals surface area contributed by atoms with Crippen LogP contribution in [0.5, 0.6) is 0 Å². The van der Waals surface area contributed by atoms with Crippen LogP contribution in [0, 0.1) is 0 Å². The smallest absolute Gasteiger partial charge is 0.322 e. The van der Waals surface area contributed by atoms with E-state index < -0.39 is 21.7 Å². The lowest BCUT2D eigenvalue weighted by atomic mass is 9.99. The van der Waals surface area contributed by atoms with Gasteiger partial charge >= 0.3 is 5.97 Å². The van der Waals surface area contributed by atoms with Gasteiger partial charge in [-0.05, 0) is 25.7 Å². The Kier molecular flexibility index (Phi) is 7.51.